The van der Waals surface area contributed by atoms with E-state index in [1.54, 1.807) is 37.8 Å². The van der Waals surface area contributed by atoms with Gasteiger partial charge in [0, 0.05) is 44.2 Å². The molecule has 1 aromatic carbocycles. The molecule has 1 saturated heterocycles. The number of hydrogen-bond donors (Lipinski definition) is 1. The molecule has 0 bridgehead atoms. The zero-order valence-corrected chi connectivity index (χ0v) is 21.9. The number of benzene rings is 1. The van der Waals surface area contributed by atoms with Gasteiger partial charge in [-0.3, -0.25) is 0 Å². The molecule has 186 valence electrons. The summed E-state index contributed by atoms with van der Waals surface area (Å²) in [5.74, 6) is 2.38. The van der Waals surface area contributed by atoms with Gasteiger partial charge in [-0.05, 0) is 31.5 Å². The molecule has 12 heteroatoms. The standard InChI is InChI=1S/C22H32N6O4S2/c1-15(2)23-21(29)26-6-8-27(9-7-26)22(33)34-14-17-13-28(25-24-17)12-16-10-18(30-3)20(32-5)19(11-16)31-4/h10-11,13,15H,6-9,12,14H2,1-5H3,(H,23,29). The lowest BCUT2D eigenvalue weighted by molar-refractivity contribution is 0.169. The quantitative estimate of drug-likeness (QED) is 0.540. The van der Waals surface area contributed by atoms with Crippen molar-refractivity contribution in [2.75, 3.05) is 47.5 Å². The predicted molar refractivity (Wildman–Crippen MR) is 136 cm³/mol. The van der Waals surface area contributed by atoms with Gasteiger partial charge in [0.05, 0.1) is 33.6 Å². The van der Waals surface area contributed by atoms with E-state index < -0.39 is 0 Å². The zero-order chi connectivity index (χ0) is 24.7. The molecular weight excluding hydrogens is 476 g/mol. The molecule has 0 spiro atoms. The third kappa shape index (κ3) is 6.66. The Bertz CT molecular complexity index is 967. The van der Waals surface area contributed by atoms with E-state index in [4.69, 9.17) is 26.4 Å². The maximum absolute atomic E-state index is 12.2. The summed E-state index contributed by atoms with van der Waals surface area (Å²) in [6.45, 7) is 7.20. The van der Waals surface area contributed by atoms with Gasteiger partial charge in [-0.25, -0.2) is 9.48 Å². The van der Waals surface area contributed by atoms with Crippen LogP contribution < -0.4 is 19.5 Å². The van der Waals surface area contributed by atoms with Crippen molar-refractivity contribution in [2.45, 2.75) is 32.2 Å². The average molecular weight is 509 g/mol. The fourth-order valence-electron chi connectivity index (χ4n) is 3.55. The number of rotatable bonds is 8. The summed E-state index contributed by atoms with van der Waals surface area (Å²) < 4.78 is 18.8. The fourth-order valence-corrected chi connectivity index (χ4v) is 4.68. The highest BCUT2D eigenvalue weighted by molar-refractivity contribution is 8.22. The van der Waals surface area contributed by atoms with Crippen molar-refractivity contribution in [3.63, 3.8) is 0 Å². The lowest BCUT2D eigenvalue weighted by atomic mass is 10.2. The third-order valence-electron chi connectivity index (χ3n) is 5.24. The number of ether oxygens (including phenoxy) is 3. The first-order valence-corrected chi connectivity index (χ1v) is 12.4. The molecule has 34 heavy (non-hydrogen) atoms. The van der Waals surface area contributed by atoms with Crippen molar-refractivity contribution in [3.05, 3.63) is 29.6 Å². The molecule has 2 amide bonds. The Balaban J connectivity index is 1.51. The topological polar surface area (TPSA) is 94.0 Å². The molecule has 1 N–H and O–H groups in total. The van der Waals surface area contributed by atoms with Crippen LogP contribution in [0.3, 0.4) is 0 Å². The van der Waals surface area contributed by atoms with E-state index in [1.807, 2.05) is 37.1 Å². The molecule has 0 radical (unpaired) electrons. The van der Waals surface area contributed by atoms with Crippen LogP contribution in [0.1, 0.15) is 25.1 Å². The number of thioether (sulfide) groups is 1. The van der Waals surface area contributed by atoms with Crippen LogP contribution in [0.5, 0.6) is 17.2 Å². The molecule has 0 aliphatic carbocycles. The summed E-state index contributed by atoms with van der Waals surface area (Å²) in [5.41, 5.74) is 1.79. The molecule has 1 aliphatic heterocycles. The minimum atomic E-state index is -0.0167. The average Bonchev–Trinajstić information content (AvgIpc) is 3.28. The number of nitrogens with zero attached hydrogens (tertiary/aromatic N) is 5. The number of methoxy groups -OCH3 is 3. The van der Waals surface area contributed by atoms with Gasteiger partial charge < -0.3 is 29.3 Å². The Morgan fingerprint density at radius 2 is 1.71 bits per heavy atom. The van der Waals surface area contributed by atoms with Crippen LogP contribution >= 0.6 is 24.0 Å². The predicted octanol–water partition coefficient (Wildman–Crippen LogP) is 2.61. The van der Waals surface area contributed by atoms with Crippen LogP contribution in [0.15, 0.2) is 18.3 Å². The van der Waals surface area contributed by atoms with Crippen molar-refractivity contribution in [3.8, 4) is 17.2 Å². The Labute approximate surface area is 209 Å². The van der Waals surface area contributed by atoms with Crippen LogP contribution in [0.25, 0.3) is 0 Å². The van der Waals surface area contributed by atoms with Crippen LogP contribution in [-0.2, 0) is 12.3 Å². The zero-order valence-electron chi connectivity index (χ0n) is 20.2. The second-order valence-corrected chi connectivity index (χ2v) is 9.68. The highest BCUT2D eigenvalue weighted by Gasteiger charge is 2.23. The minimum Gasteiger partial charge on any atom is -0.493 e. The van der Waals surface area contributed by atoms with Crippen molar-refractivity contribution < 1.29 is 19.0 Å². The third-order valence-corrected chi connectivity index (χ3v) is 6.79. The molecule has 10 nitrogen and oxygen atoms in total. The summed E-state index contributed by atoms with van der Waals surface area (Å²) in [7, 11) is 4.76. The van der Waals surface area contributed by atoms with E-state index in [9.17, 15) is 4.79 Å². The van der Waals surface area contributed by atoms with E-state index in [1.165, 1.54) is 0 Å². The molecule has 1 fully saturated rings. The number of nitrogens with one attached hydrogen (secondary N) is 1. The van der Waals surface area contributed by atoms with E-state index in [0.29, 0.717) is 42.6 Å². The van der Waals surface area contributed by atoms with Gasteiger partial charge in [-0.2, -0.15) is 0 Å². The van der Waals surface area contributed by atoms with E-state index in [-0.39, 0.29) is 12.1 Å². The Morgan fingerprint density at radius 1 is 1.09 bits per heavy atom. The number of carbonyl (C=O) groups is 1. The smallest absolute Gasteiger partial charge is 0.317 e. The SMILES string of the molecule is COc1cc(Cn2cc(CSC(=S)N3CCN(C(=O)NC(C)C)CC3)nn2)cc(OC)c1OC. The van der Waals surface area contributed by atoms with Gasteiger partial charge in [0.1, 0.15) is 4.32 Å². The largest absolute Gasteiger partial charge is 0.493 e. The highest BCUT2D eigenvalue weighted by Crippen LogP contribution is 2.38. The van der Waals surface area contributed by atoms with E-state index >= 15 is 0 Å². The van der Waals surface area contributed by atoms with Crippen molar-refractivity contribution in [1.82, 2.24) is 30.1 Å². The maximum atomic E-state index is 12.2. The van der Waals surface area contributed by atoms with Crippen molar-refractivity contribution >= 4 is 34.3 Å². The Kier molecular flexibility index (Phi) is 9.22. The second-order valence-electron chi connectivity index (χ2n) is 8.07. The molecule has 2 heterocycles. The normalized spacial score (nSPS) is 13.7. The lowest BCUT2D eigenvalue weighted by Crippen LogP contribution is -2.53. The summed E-state index contributed by atoms with van der Waals surface area (Å²) in [6, 6.07) is 3.91. The number of aromatic nitrogens is 3. The number of carbonyl (C=O) groups excluding carboxylic acids is 1. The summed E-state index contributed by atoms with van der Waals surface area (Å²) in [4.78, 5) is 16.1. The van der Waals surface area contributed by atoms with Crippen LogP contribution in [0.4, 0.5) is 4.79 Å². The Hall–Kier alpha value is -2.73. The molecule has 0 saturated carbocycles. The molecule has 1 aromatic heterocycles. The molecular formula is C22H32N6O4S2. The summed E-state index contributed by atoms with van der Waals surface area (Å²) in [5, 5.41) is 11.5. The summed E-state index contributed by atoms with van der Waals surface area (Å²) >= 11 is 7.17. The highest BCUT2D eigenvalue weighted by atomic mass is 32.2. The van der Waals surface area contributed by atoms with Gasteiger partial charge in [0.25, 0.3) is 0 Å². The van der Waals surface area contributed by atoms with Gasteiger partial charge in [-0.1, -0.05) is 29.2 Å². The van der Waals surface area contributed by atoms with Crippen molar-refractivity contribution in [1.29, 1.82) is 0 Å². The molecule has 1 aliphatic rings. The van der Waals surface area contributed by atoms with Gasteiger partial charge in [0.2, 0.25) is 5.75 Å². The van der Waals surface area contributed by atoms with Crippen LogP contribution in [0.2, 0.25) is 0 Å². The first-order chi connectivity index (χ1) is 16.3. The Morgan fingerprint density at radius 3 is 2.26 bits per heavy atom. The van der Waals surface area contributed by atoms with E-state index in [0.717, 1.165) is 28.7 Å². The number of hydrogen-bond acceptors (Lipinski definition) is 8. The molecule has 2 aromatic rings. The van der Waals surface area contributed by atoms with Gasteiger partial charge in [-0.15, -0.1) is 5.10 Å². The first kappa shape index (κ1) is 25.9. The maximum Gasteiger partial charge on any atom is 0.317 e. The van der Waals surface area contributed by atoms with Crippen LogP contribution in [-0.4, -0.2) is 88.7 Å². The first-order valence-electron chi connectivity index (χ1n) is 11.0. The number of piperazine rings is 1. The summed E-state index contributed by atoms with van der Waals surface area (Å²) in [6.07, 6.45) is 1.91. The molecule has 0 unspecified atom stereocenters. The minimum absolute atomic E-state index is 0.0167. The van der Waals surface area contributed by atoms with Crippen molar-refractivity contribution in [2.24, 2.45) is 0 Å². The lowest BCUT2D eigenvalue weighted by Gasteiger charge is -2.36. The number of urea groups is 1. The molecule has 3 rings (SSSR count). The van der Waals surface area contributed by atoms with Crippen LogP contribution in [0, 0.1) is 0 Å². The second kappa shape index (κ2) is 12.1. The monoisotopic (exact) mass is 508 g/mol. The van der Waals surface area contributed by atoms with Gasteiger partial charge in [0.15, 0.2) is 11.5 Å². The van der Waals surface area contributed by atoms with Gasteiger partial charge >= 0.3 is 6.03 Å². The van der Waals surface area contributed by atoms with E-state index in [2.05, 4.69) is 20.5 Å². The fraction of sp³-hybridized carbons (Fsp3) is 0.545. The number of amides is 2. The number of thiocarbonyl (C=S) groups is 1. The molecule has 0 atom stereocenters.